The lowest BCUT2D eigenvalue weighted by molar-refractivity contribution is -0.385. The van der Waals surface area contributed by atoms with Crippen LogP contribution in [0.3, 0.4) is 0 Å². The number of nitrogens with zero attached hydrogens (tertiary/aromatic N) is 2. The summed E-state index contributed by atoms with van der Waals surface area (Å²) in [5, 5.41) is 20.3. The van der Waals surface area contributed by atoms with Gasteiger partial charge in [0.05, 0.1) is 4.92 Å². The molecule has 1 amide bonds. The lowest BCUT2D eigenvalue weighted by Crippen LogP contribution is -2.40. The van der Waals surface area contributed by atoms with Gasteiger partial charge in [-0.25, -0.2) is 4.79 Å². The average molecular weight is 306 g/mol. The van der Waals surface area contributed by atoms with E-state index in [2.05, 4.69) is 0 Å². The molecule has 1 saturated heterocycles. The number of hydrogen-bond donors (Lipinski definition) is 1. The Labute approximate surface area is 127 Å². The standard InChI is InChI=1S/C15H18N2O5/c1-9(2)11-6-5-10(8-13(11)17(21)22)14(18)16-7-3-4-12(16)15(19)20/h5-6,8-9,12H,3-4,7H2,1-2H3,(H,19,20)/t12-/m0/s1. The first-order chi connectivity index (χ1) is 10.3. The molecule has 22 heavy (non-hydrogen) atoms. The molecule has 1 aromatic rings. The van der Waals surface area contributed by atoms with E-state index in [1.807, 2.05) is 13.8 Å². The van der Waals surface area contributed by atoms with Crippen molar-refractivity contribution in [2.24, 2.45) is 0 Å². The van der Waals surface area contributed by atoms with Crippen LogP contribution in [0.15, 0.2) is 18.2 Å². The summed E-state index contributed by atoms with van der Waals surface area (Å²) in [6.45, 7) is 4.03. The zero-order valence-electron chi connectivity index (χ0n) is 12.5. The van der Waals surface area contributed by atoms with E-state index in [9.17, 15) is 19.7 Å². The van der Waals surface area contributed by atoms with E-state index in [1.165, 1.54) is 17.0 Å². The molecule has 0 spiro atoms. The van der Waals surface area contributed by atoms with Crippen molar-refractivity contribution in [1.82, 2.24) is 4.90 Å². The molecule has 0 unspecified atom stereocenters. The van der Waals surface area contributed by atoms with Crippen LogP contribution in [0.4, 0.5) is 5.69 Å². The fourth-order valence-corrected chi connectivity index (χ4v) is 2.76. The molecule has 7 nitrogen and oxygen atoms in total. The van der Waals surface area contributed by atoms with E-state index in [4.69, 9.17) is 5.11 Å². The predicted octanol–water partition coefficient (Wildman–Crippen LogP) is 2.41. The normalized spacial score (nSPS) is 17.8. The third-order valence-electron chi connectivity index (χ3n) is 3.89. The van der Waals surface area contributed by atoms with Crippen molar-refractivity contribution >= 4 is 17.6 Å². The van der Waals surface area contributed by atoms with E-state index in [0.29, 0.717) is 24.9 Å². The van der Waals surface area contributed by atoms with Crippen molar-refractivity contribution < 1.29 is 19.6 Å². The molecule has 0 aliphatic carbocycles. The number of carbonyl (C=O) groups is 2. The largest absolute Gasteiger partial charge is 0.480 e. The molecule has 1 aromatic carbocycles. The molecule has 1 aliphatic heterocycles. The number of benzene rings is 1. The fraction of sp³-hybridized carbons (Fsp3) is 0.467. The maximum Gasteiger partial charge on any atom is 0.326 e. The molecule has 0 bridgehead atoms. The molecule has 7 heteroatoms. The minimum Gasteiger partial charge on any atom is -0.480 e. The number of nitro benzene ring substituents is 1. The second-order valence-electron chi connectivity index (χ2n) is 5.68. The van der Waals surface area contributed by atoms with Gasteiger partial charge in [-0.1, -0.05) is 19.9 Å². The number of carbonyl (C=O) groups excluding carboxylic acids is 1. The number of hydrogen-bond acceptors (Lipinski definition) is 4. The quantitative estimate of drug-likeness (QED) is 0.680. The first-order valence-electron chi connectivity index (χ1n) is 7.15. The highest BCUT2D eigenvalue weighted by atomic mass is 16.6. The lowest BCUT2D eigenvalue weighted by Gasteiger charge is -2.21. The molecule has 1 N–H and O–H groups in total. The lowest BCUT2D eigenvalue weighted by atomic mass is 9.99. The monoisotopic (exact) mass is 306 g/mol. The minimum atomic E-state index is -1.04. The second-order valence-corrected chi connectivity index (χ2v) is 5.68. The Kier molecular flexibility index (Phi) is 4.44. The highest BCUT2D eigenvalue weighted by molar-refractivity contribution is 5.97. The Bertz CT molecular complexity index is 626. The summed E-state index contributed by atoms with van der Waals surface area (Å²) in [4.78, 5) is 35.6. The summed E-state index contributed by atoms with van der Waals surface area (Å²) in [7, 11) is 0. The van der Waals surface area contributed by atoms with E-state index >= 15 is 0 Å². The third-order valence-corrected chi connectivity index (χ3v) is 3.89. The highest BCUT2D eigenvalue weighted by Gasteiger charge is 2.35. The average Bonchev–Trinajstić information content (AvgIpc) is 2.95. The maximum absolute atomic E-state index is 12.5. The Morgan fingerprint density at radius 3 is 2.64 bits per heavy atom. The van der Waals surface area contributed by atoms with Crippen LogP contribution in [0.2, 0.25) is 0 Å². The molecule has 1 fully saturated rings. The molecular formula is C15H18N2O5. The number of aliphatic carboxylic acids is 1. The van der Waals surface area contributed by atoms with Gasteiger partial charge in [-0.15, -0.1) is 0 Å². The Balaban J connectivity index is 2.36. The maximum atomic E-state index is 12.5. The summed E-state index contributed by atoms with van der Waals surface area (Å²) in [6.07, 6.45) is 1.03. The number of rotatable bonds is 4. The van der Waals surface area contributed by atoms with E-state index in [-0.39, 0.29) is 17.2 Å². The van der Waals surface area contributed by atoms with Crippen LogP contribution in [0.5, 0.6) is 0 Å². The third kappa shape index (κ3) is 2.93. The van der Waals surface area contributed by atoms with Crippen LogP contribution in [0.1, 0.15) is 48.5 Å². The van der Waals surface area contributed by atoms with Crippen LogP contribution in [0.25, 0.3) is 0 Å². The molecule has 118 valence electrons. The topological polar surface area (TPSA) is 101 Å². The predicted molar refractivity (Wildman–Crippen MR) is 78.9 cm³/mol. The Morgan fingerprint density at radius 2 is 2.09 bits per heavy atom. The van der Waals surface area contributed by atoms with Gasteiger partial charge in [-0.05, 0) is 24.8 Å². The molecular weight excluding hydrogens is 288 g/mol. The summed E-state index contributed by atoms with van der Waals surface area (Å²) in [6, 6.07) is 3.50. The van der Waals surface area contributed by atoms with Crippen LogP contribution in [0, 0.1) is 10.1 Å². The molecule has 1 aliphatic rings. The zero-order chi connectivity index (χ0) is 16.4. The zero-order valence-corrected chi connectivity index (χ0v) is 12.5. The molecule has 0 radical (unpaired) electrons. The van der Waals surface area contributed by atoms with Gasteiger partial charge in [-0.2, -0.15) is 0 Å². The Hall–Kier alpha value is -2.44. The van der Waals surface area contributed by atoms with Gasteiger partial charge in [-0.3, -0.25) is 14.9 Å². The highest BCUT2D eigenvalue weighted by Crippen LogP contribution is 2.29. The number of likely N-dealkylation sites (tertiary alicyclic amines) is 1. The number of carboxylic acid groups (broad SMARTS) is 1. The van der Waals surface area contributed by atoms with Gasteiger partial charge in [0.1, 0.15) is 6.04 Å². The van der Waals surface area contributed by atoms with Crippen LogP contribution >= 0.6 is 0 Å². The minimum absolute atomic E-state index is 0.0388. The van der Waals surface area contributed by atoms with E-state index in [1.54, 1.807) is 6.07 Å². The van der Waals surface area contributed by atoms with Crippen molar-refractivity contribution in [3.8, 4) is 0 Å². The summed E-state index contributed by atoms with van der Waals surface area (Å²) >= 11 is 0. The van der Waals surface area contributed by atoms with Gasteiger partial charge in [0.2, 0.25) is 0 Å². The molecule has 0 aromatic heterocycles. The van der Waals surface area contributed by atoms with Gasteiger partial charge in [0.15, 0.2) is 0 Å². The molecule has 1 heterocycles. The van der Waals surface area contributed by atoms with Crippen molar-refractivity contribution in [3.63, 3.8) is 0 Å². The first kappa shape index (κ1) is 15.9. The summed E-state index contributed by atoms with van der Waals surface area (Å²) in [5.41, 5.74) is 0.605. The number of nitro groups is 1. The van der Waals surface area contributed by atoms with Crippen molar-refractivity contribution in [1.29, 1.82) is 0 Å². The van der Waals surface area contributed by atoms with Crippen LogP contribution < -0.4 is 0 Å². The summed E-state index contributed by atoms with van der Waals surface area (Å²) in [5.74, 6) is -1.55. The van der Waals surface area contributed by atoms with Crippen molar-refractivity contribution in [2.45, 2.75) is 38.6 Å². The molecule has 0 saturated carbocycles. The van der Waals surface area contributed by atoms with Crippen LogP contribution in [-0.4, -0.2) is 39.4 Å². The Morgan fingerprint density at radius 1 is 1.41 bits per heavy atom. The van der Waals surface area contributed by atoms with Crippen LogP contribution in [-0.2, 0) is 4.79 Å². The fourth-order valence-electron chi connectivity index (χ4n) is 2.76. The SMILES string of the molecule is CC(C)c1ccc(C(=O)N2CCC[C@H]2C(=O)O)cc1[N+](=O)[O-]. The van der Waals surface area contributed by atoms with Crippen molar-refractivity contribution in [2.75, 3.05) is 6.54 Å². The smallest absolute Gasteiger partial charge is 0.326 e. The first-order valence-corrected chi connectivity index (χ1v) is 7.15. The van der Waals surface area contributed by atoms with E-state index in [0.717, 1.165) is 0 Å². The summed E-state index contributed by atoms with van der Waals surface area (Å²) < 4.78 is 0. The van der Waals surface area contributed by atoms with Gasteiger partial charge < -0.3 is 10.0 Å². The molecule has 1 atom stereocenters. The van der Waals surface area contributed by atoms with Gasteiger partial charge >= 0.3 is 5.97 Å². The van der Waals surface area contributed by atoms with E-state index < -0.39 is 22.8 Å². The van der Waals surface area contributed by atoms with Gasteiger partial charge in [0.25, 0.3) is 11.6 Å². The molecule has 2 rings (SSSR count). The number of carboxylic acids is 1. The van der Waals surface area contributed by atoms with Crippen molar-refractivity contribution in [3.05, 3.63) is 39.4 Å². The van der Waals surface area contributed by atoms with Gasteiger partial charge in [0, 0.05) is 23.7 Å². The number of amides is 1. The second kappa shape index (κ2) is 6.13.